The summed E-state index contributed by atoms with van der Waals surface area (Å²) in [7, 11) is 0. The van der Waals surface area contributed by atoms with E-state index in [1.807, 2.05) is 0 Å². The van der Waals surface area contributed by atoms with Gasteiger partial charge in [0.1, 0.15) is 5.75 Å². The number of benzene rings is 1. The fraction of sp³-hybridized carbons (Fsp3) is 0.579. The van der Waals surface area contributed by atoms with Crippen molar-refractivity contribution in [2.75, 3.05) is 6.61 Å². The third kappa shape index (κ3) is 5.92. The maximum atomic E-state index is 12.2. The molecule has 1 aliphatic rings. The van der Waals surface area contributed by atoms with Crippen LogP contribution >= 0.6 is 11.6 Å². The fourth-order valence-corrected chi connectivity index (χ4v) is 3.05. The molecule has 0 unspecified atom stereocenters. The highest BCUT2D eigenvalue weighted by Gasteiger charge is 2.32. The Labute approximate surface area is 154 Å². The summed E-state index contributed by atoms with van der Waals surface area (Å²) >= 11 is 5.83. The minimum atomic E-state index is -1.20. The van der Waals surface area contributed by atoms with Crippen molar-refractivity contribution in [2.45, 2.75) is 58.1 Å². The van der Waals surface area contributed by atoms with E-state index in [1.54, 1.807) is 38.1 Å². The summed E-state index contributed by atoms with van der Waals surface area (Å²) < 4.78 is 10.8. The van der Waals surface area contributed by atoms with Gasteiger partial charge < -0.3 is 14.8 Å². The molecule has 1 aromatic rings. The fourth-order valence-electron chi connectivity index (χ4n) is 2.92. The highest BCUT2D eigenvalue weighted by Crippen LogP contribution is 2.24. The van der Waals surface area contributed by atoms with Crippen molar-refractivity contribution in [2.24, 2.45) is 5.92 Å². The first-order chi connectivity index (χ1) is 11.8. The second-order valence-corrected chi connectivity index (χ2v) is 7.51. The number of esters is 1. The van der Waals surface area contributed by atoms with Crippen molar-refractivity contribution in [3.63, 3.8) is 0 Å². The van der Waals surface area contributed by atoms with Gasteiger partial charge in [0.05, 0.1) is 0 Å². The molecule has 2 atom stereocenters. The van der Waals surface area contributed by atoms with Gasteiger partial charge in [0.25, 0.3) is 5.91 Å². The monoisotopic (exact) mass is 367 g/mol. The average Bonchev–Trinajstić information content (AvgIpc) is 2.56. The van der Waals surface area contributed by atoms with Gasteiger partial charge >= 0.3 is 5.97 Å². The number of rotatable bonds is 6. The SMILES string of the molecule is C[C@@H]1CCCC[C@H]1NC(=O)COC(=O)C(C)(C)Oc1ccc(Cl)cc1. The lowest BCUT2D eigenvalue weighted by Crippen LogP contribution is -2.45. The van der Waals surface area contributed by atoms with Crippen LogP contribution in [0.4, 0.5) is 0 Å². The van der Waals surface area contributed by atoms with Crippen molar-refractivity contribution < 1.29 is 19.1 Å². The Kier molecular flexibility index (Phi) is 6.71. The molecule has 0 aromatic heterocycles. The molecule has 1 amide bonds. The molecule has 6 heteroatoms. The van der Waals surface area contributed by atoms with Crippen LogP contribution in [0.3, 0.4) is 0 Å². The van der Waals surface area contributed by atoms with Gasteiger partial charge in [0.2, 0.25) is 0 Å². The molecular weight excluding hydrogens is 342 g/mol. The summed E-state index contributed by atoms with van der Waals surface area (Å²) in [6.07, 6.45) is 4.43. The molecule has 1 fully saturated rings. The molecule has 25 heavy (non-hydrogen) atoms. The second-order valence-electron chi connectivity index (χ2n) is 7.08. The maximum absolute atomic E-state index is 12.2. The largest absolute Gasteiger partial charge is 0.476 e. The van der Waals surface area contributed by atoms with Gasteiger partial charge in [0, 0.05) is 11.1 Å². The molecule has 5 nitrogen and oxygen atoms in total. The van der Waals surface area contributed by atoms with Gasteiger partial charge in [-0.25, -0.2) is 4.79 Å². The zero-order chi connectivity index (χ0) is 18.4. The van der Waals surface area contributed by atoms with E-state index in [-0.39, 0.29) is 18.6 Å². The zero-order valence-corrected chi connectivity index (χ0v) is 15.8. The van der Waals surface area contributed by atoms with Gasteiger partial charge in [-0.3, -0.25) is 4.79 Å². The minimum absolute atomic E-state index is 0.165. The van der Waals surface area contributed by atoms with Crippen LogP contribution in [0.25, 0.3) is 0 Å². The Morgan fingerprint density at radius 2 is 1.84 bits per heavy atom. The molecule has 0 spiro atoms. The molecular formula is C19H26ClNO4. The normalized spacial score (nSPS) is 20.6. The van der Waals surface area contributed by atoms with E-state index >= 15 is 0 Å². The highest BCUT2D eigenvalue weighted by molar-refractivity contribution is 6.30. The van der Waals surface area contributed by atoms with E-state index in [1.165, 1.54) is 6.42 Å². The Morgan fingerprint density at radius 1 is 1.20 bits per heavy atom. The Hall–Kier alpha value is -1.75. The van der Waals surface area contributed by atoms with Crippen LogP contribution in [-0.4, -0.2) is 30.1 Å². The first-order valence-electron chi connectivity index (χ1n) is 8.69. The van der Waals surface area contributed by atoms with E-state index in [0.29, 0.717) is 16.7 Å². The predicted molar refractivity (Wildman–Crippen MR) is 96.7 cm³/mol. The number of halogens is 1. The third-order valence-electron chi connectivity index (χ3n) is 4.47. The van der Waals surface area contributed by atoms with Gasteiger partial charge in [-0.1, -0.05) is 31.4 Å². The Morgan fingerprint density at radius 3 is 2.48 bits per heavy atom. The smallest absolute Gasteiger partial charge is 0.350 e. The lowest BCUT2D eigenvalue weighted by atomic mass is 9.86. The summed E-state index contributed by atoms with van der Waals surface area (Å²) in [4.78, 5) is 24.3. The first-order valence-corrected chi connectivity index (χ1v) is 9.07. The summed E-state index contributed by atoms with van der Waals surface area (Å²) in [6, 6.07) is 6.87. The molecule has 0 aliphatic heterocycles. The number of nitrogens with one attached hydrogen (secondary N) is 1. The summed E-state index contributed by atoms with van der Waals surface area (Å²) in [6.45, 7) is 5.05. The number of carbonyl (C=O) groups is 2. The van der Waals surface area contributed by atoms with Crippen molar-refractivity contribution >= 4 is 23.5 Å². The molecule has 2 rings (SSSR count). The van der Waals surface area contributed by atoms with E-state index in [4.69, 9.17) is 21.1 Å². The summed E-state index contributed by atoms with van der Waals surface area (Å²) in [5.41, 5.74) is -1.20. The van der Waals surface area contributed by atoms with Crippen LogP contribution in [0, 0.1) is 5.92 Å². The first kappa shape index (κ1) is 19.6. The lowest BCUT2D eigenvalue weighted by molar-refractivity contribution is -0.162. The summed E-state index contributed by atoms with van der Waals surface area (Å²) in [5, 5.41) is 3.54. The van der Waals surface area contributed by atoms with Gasteiger partial charge in [0.15, 0.2) is 12.2 Å². The minimum Gasteiger partial charge on any atom is -0.476 e. The quantitative estimate of drug-likeness (QED) is 0.778. The van der Waals surface area contributed by atoms with Crippen molar-refractivity contribution in [3.8, 4) is 5.75 Å². The maximum Gasteiger partial charge on any atom is 0.350 e. The molecule has 0 heterocycles. The number of ether oxygens (including phenoxy) is 2. The van der Waals surface area contributed by atoms with Crippen LogP contribution in [0.15, 0.2) is 24.3 Å². The number of hydrogen-bond donors (Lipinski definition) is 1. The second kappa shape index (κ2) is 8.56. The molecule has 0 bridgehead atoms. The molecule has 0 radical (unpaired) electrons. The standard InChI is InChI=1S/C19H26ClNO4/c1-13-6-4-5-7-16(13)21-17(22)12-24-18(23)19(2,3)25-15-10-8-14(20)9-11-15/h8-11,13,16H,4-7,12H2,1-3H3,(H,21,22)/t13-,16-/m1/s1. The van der Waals surface area contributed by atoms with Crippen molar-refractivity contribution in [1.82, 2.24) is 5.32 Å². The molecule has 1 saturated carbocycles. The summed E-state index contributed by atoms with van der Waals surface area (Å²) in [5.74, 6) is 0.105. The van der Waals surface area contributed by atoms with Crippen molar-refractivity contribution in [3.05, 3.63) is 29.3 Å². The number of hydrogen-bond acceptors (Lipinski definition) is 4. The third-order valence-corrected chi connectivity index (χ3v) is 4.72. The van der Waals surface area contributed by atoms with E-state index in [0.717, 1.165) is 19.3 Å². The van der Waals surface area contributed by atoms with Crippen molar-refractivity contribution in [1.29, 1.82) is 0 Å². The van der Waals surface area contributed by atoms with Gasteiger partial charge in [-0.2, -0.15) is 0 Å². The molecule has 1 aliphatic carbocycles. The average molecular weight is 368 g/mol. The van der Waals surface area contributed by atoms with Crippen LogP contribution in [-0.2, 0) is 14.3 Å². The Bertz CT molecular complexity index is 600. The van der Waals surface area contributed by atoms with Crippen LogP contribution in [0.2, 0.25) is 5.02 Å². The van der Waals surface area contributed by atoms with Gasteiger partial charge in [-0.15, -0.1) is 0 Å². The number of carbonyl (C=O) groups excluding carboxylic acids is 2. The van der Waals surface area contributed by atoms with Crippen LogP contribution in [0.5, 0.6) is 5.75 Å². The van der Waals surface area contributed by atoms with Crippen LogP contribution < -0.4 is 10.1 Å². The highest BCUT2D eigenvalue weighted by atomic mass is 35.5. The molecule has 0 saturated heterocycles. The van der Waals surface area contributed by atoms with E-state index in [2.05, 4.69) is 12.2 Å². The molecule has 1 N–H and O–H groups in total. The predicted octanol–water partition coefficient (Wildman–Crippen LogP) is 3.74. The zero-order valence-electron chi connectivity index (χ0n) is 15.0. The lowest BCUT2D eigenvalue weighted by Gasteiger charge is -2.29. The number of amides is 1. The van der Waals surface area contributed by atoms with Crippen LogP contribution in [0.1, 0.15) is 46.5 Å². The topological polar surface area (TPSA) is 64.6 Å². The van der Waals surface area contributed by atoms with Gasteiger partial charge in [-0.05, 0) is 56.9 Å². The van der Waals surface area contributed by atoms with E-state index < -0.39 is 11.6 Å². The Balaban J connectivity index is 1.81. The molecule has 1 aromatic carbocycles. The molecule has 138 valence electrons. The van der Waals surface area contributed by atoms with E-state index in [9.17, 15) is 9.59 Å².